The number of anilines is 1. The highest BCUT2D eigenvalue weighted by molar-refractivity contribution is 6.22. The molecule has 0 bridgehead atoms. The maximum absolute atomic E-state index is 12.5. The second-order valence-corrected chi connectivity index (χ2v) is 5.73. The van der Waals surface area contributed by atoms with E-state index in [1.165, 1.54) is 7.11 Å². The van der Waals surface area contributed by atoms with Gasteiger partial charge in [-0.05, 0) is 24.3 Å². The molecule has 1 aliphatic heterocycles. The molecule has 2 aromatic rings. The molecule has 2 heterocycles. The van der Waals surface area contributed by atoms with E-state index >= 15 is 0 Å². The Morgan fingerprint density at radius 1 is 1.31 bits per heavy atom. The van der Waals surface area contributed by atoms with Gasteiger partial charge in [-0.2, -0.15) is 0 Å². The van der Waals surface area contributed by atoms with Gasteiger partial charge in [0, 0.05) is 25.5 Å². The van der Waals surface area contributed by atoms with Gasteiger partial charge in [0.2, 0.25) is 5.91 Å². The Hall–Kier alpha value is -3.36. The van der Waals surface area contributed by atoms with E-state index in [1.54, 1.807) is 43.0 Å². The van der Waals surface area contributed by atoms with Gasteiger partial charge >= 0.3 is 6.03 Å². The number of imidazole rings is 1. The number of carbonyl (C=O) groups is 3. The van der Waals surface area contributed by atoms with Crippen molar-refractivity contribution >= 4 is 23.5 Å². The zero-order valence-electron chi connectivity index (χ0n) is 14.2. The predicted octanol–water partition coefficient (Wildman–Crippen LogP) is 0.523. The second-order valence-electron chi connectivity index (χ2n) is 5.73. The summed E-state index contributed by atoms with van der Waals surface area (Å²) in [6.45, 7) is 0.987. The summed E-state index contributed by atoms with van der Waals surface area (Å²) in [5, 5.41) is 5.27. The van der Waals surface area contributed by atoms with E-state index in [1.807, 2.05) is 4.57 Å². The molecule has 0 radical (unpaired) electrons. The van der Waals surface area contributed by atoms with Gasteiger partial charge in [-0.3, -0.25) is 9.59 Å². The van der Waals surface area contributed by atoms with Crippen LogP contribution in [0.15, 0.2) is 43.0 Å². The number of methoxy groups -OCH3 is 1. The van der Waals surface area contributed by atoms with Gasteiger partial charge in [-0.15, -0.1) is 0 Å². The standard InChI is InChI=1S/C17H19N5O4/c1-26-13-4-2-12(3-5-13)22-16(24)14(20-17(22)25)10-15(23)19-7-9-21-8-6-18-11-21/h2-6,8,11,14H,7,9-10H2,1H3,(H,19,23)(H,20,25). The summed E-state index contributed by atoms with van der Waals surface area (Å²) >= 11 is 0. The summed E-state index contributed by atoms with van der Waals surface area (Å²) in [4.78, 5) is 41.6. The summed E-state index contributed by atoms with van der Waals surface area (Å²) in [7, 11) is 1.53. The number of carbonyl (C=O) groups excluding carboxylic acids is 3. The molecule has 1 unspecified atom stereocenters. The van der Waals surface area contributed by atoms with Crippen molar-refractivity contribution < 1.29 is 19.1 Å². The van der Waals surface area contributed by atoms with E-state index in [9.17, 15) is 14.4 Å². The van der Waals surface area contributed by atoms with Crippen molar-refractivity contribution in [1.82, 2.24) is 20.2 Å². The van der Waals surface area contributed by atoms with Crippen molar-refractivity contribution in [1.29, 1.82) is 0 Å². The monoisotopic (exact) mass is 357 g/mol. The lowest BCUT2D eigenvalue weighted by atomic mass is 10.2. The molecule has 136 valence electrons. The molecule has 9 heteroatoms. The number of nitrogens with zero attached hydrogens (tertiary/aromatic N) is 3. The summed E-state index contributed by atoms with van der Waals surface area (Å²) in [6, 6.07) is 5.13. The molecular formula is C17H19N5O4. The summed E-state index contributed by atoms with van der Waals surface area (Å²) in [5.74, 6) is -0.139. The van der Waals surface area contributed by atoms with Crippen LogP contribution in [0.3, 0.4) is 0 Å². The second kappa shape index (κ2) is 7.68. The van der Waals surface area contributed by atoms with Gasteiger partial charge in [0.25, 0.3) is 5.91 Å². The predicted molar refractivity (Wildman–Crippen MR) is 92.7 cm³/mol. The lowest BCUT2D eigenvalue weighted by Crippen LogP contribution is -2.37. The summed E-state index contributed by atoms with van der Waals surface area (Å²) in [5.41, 5.74) is 0.427. The highest BCUT2D eigenvalue weighted by atomic mass is 16.5. The minimum absolute atomic E-state index is 0.110. The number of benzene rings is 1. The molecule has 3 rings (SSSR count). The number of aromatic nitrogens is 2. The molecule has 0 aliphatic carbocycles. The van der Waals surface area contributed by atoms with Crippen LogP contribution in [0.5, 0.6) is 5.75 Å². The molecule has 2 N–H and O–H groups in total. The molecule has 0 spiro atoms. The van der Waals surface area contributed by atoms with Crippen LogP contribution in [0, 0.1) is 0 Å². The zero-order valence-corrected chi connectivity index (χ0v) is 14.2. The Kier molecular flexibility index (Phi) is 5.16. The molecule has 1 fully saturated rings. The molecule has 0 saturated carbocycles. The largest absolute Gasteiger partial charge is 0.497 e. The maximum atomic E-state index is 12.5. The van der Waals surface area contributed by atoms with Gasteiger partial charge in [-0.25, -0.2) is 14.7 Å². The Morgan fingerprint density at radius 2 is 2.08 bits per heavy atom. The number of hydrogen-bond donors (Lipinski definition) is 2. The first-order chi connectivity index (χ1) is 12.6. The molecular weight excluding hydrogens is 338 g/mol. The summed E-state index contributed by atoms with van der Waals surface area (Å²) in [6.07, 6.45) is 4.99. The minimum atomic E-state index is -0.877. The third kappa shape index (κ3) is 3.82. The van der Waals surface area contributed by atoms with Crippen LogP contribution in [-0.2, 0) is 16.1 Å². The van der Waals surface area contributed by atoms with Crippen LogP contribution < -0.4 is 20.3 Å². The molecule has 1 aromatic heterocycles. The lowest BCUT2D eigenvalue weighted by molar-refractivity contribution is -0.125. The summed E-state index contributed by atoms with van der Waals surface area (Å²) < 4.78 is 6.89. The van der Waals surface area contributed by atoms with Crippen LogP contribution in [0.4, 0.5) is 10.5 Å². The Balaban J connectivity index is 1.55. The van der Waals surface area contributed by atoms with Crippen LogP contribution in [0.25, 0.3) is 0 Å². The van der Waals surface area contributed by atoms with Gasteiger partial charge in [0.15, 0.2) is 0 Å². The maximum Gasteiger partial charge on any atom is 0.329 e. The van der Waals surface area contributed by atoms with Crippen LogP contribution >= 0.6 is 0 Å². The Bertz CT molecular complexity index is 788. The van der Waals surface area contributed by atoms with Gasteiger partial charge in [0.1, 0.15) is 11.8 Å². The number of imide groups is 1. The topological polar surface area (TPSA) is 106 Å². The molecule has 9 nitrogen and oxygen atoms in total. The van der Waals surface area contributed by atoms with E-state index < -0.39 is 18.0 Å². The van der Waals surface area contributed by atoms with Crippen molar-refractivity contribution in [3.63, 3.8) is 0 Å². The number of ether oxygens (including phenoxy) is 1. The fraction of sp³-hybridized carbons (Fsp3) is 0.294. The number of amides is 4. The number of hydrogen-bond acceptors (Lipinski definition) is 5. The van der Waals surface area contributed by atoms with Crippen LogP contribution in [0.2, 0.25) is 0 Å². The average Bonchev–Trinajstić information content (AvgIpc) is 3.24. The third-order valence-corrected chi connectivity index (χ3v) is 3.99. The van der Waals surface area contributed by atoms with Crippen LogP contribution in [0.1, 0.15) is 6.42 Å². The normalized spacial score (nSPS) is 16.5. The first kappa shape index (κ1) is 17.5. The molecule has 1 saturated heterocycles. The van der Waals surface area contributed by atoms with Crippen molar-refractivity contribution in [2.75, 3.05) is 18.6 Å². The molecule has 1 aliphatic rings. The number of nitrogens with one attached hydrogen (secondary N) is 2. The van der Waals surface area contributed by atoms with E-state index in [0.29, 0.717) is 24.5 Å². The first-order valence-corrected chi connectivity index (χ1v) is 8.09. The first-order valence-electron chi connectivity index (χ1n) is 8.09. The van der Waals surface area contributed by atoms with Crippen molar-refractivity contribution in [2.45, 2.75) is 19.0 Å². The fourth-order valence-corrected chi connectivity index (χ4v) is 2.65. The number of rotatable bonds is 7. The highest BCUT2D eigenvalue weighted by Crippen LogP contribution is 2.23. The molecule has 4 amide bonds. The van der Waals surface area contributed by atoms with E-state index in [2.05, 4.69) is 15.6 Å². The van der Waals surface area contributed by atoms with Crippen molar-refractivity contribution in [2.24, 2.45) is 0 Å². The van der Waals surface area contributed by atoms with E-state index in [4.69, 9.17) is 4.74 Å². The van der Waals surface area contributed by atoms with E-state index in [0.717, 1.165) is 4.90 Å². The van der Waals surface area contributed by atoms with Crippen molar-refractivity contribution in [3.8, 4) is 5.75 Å². The molecule has 1 aromatic carbocycles. The van der Waals surface area contributed by atoms with Gasteiger partial charge < -0.3 is 19.9 Å². The fourth-order valence-electron chi connectivity index (χ4n) is 2.65. The van der Waals surface area contributed by atoms with E-state index in [-0.39, 0.29) is 12.3 Å². The van der Waals surface area contributed by atoms with Crippen LogP contribution in [-0.4, -0.2) is 47.1 Å². The quantitative estimate of drug-likeness (QED) is 0.703. The van der Waals surface area contributed by atoms with Gasteiger partial charge in [0.05, 0.1) is 25.5 Å². The molecule has 1 atom stereocenters. The smallest absolute Gasteiger partial charge is 0.329 e. The Morgan fingerprint density at radius 3 is 2.73 bits per heavy atom. The van der Waals surface area contributed by atoms with Gasteiger partial charge in [-0.1, -0.05) is 0 Å². The zero-order chi connectivity index (χ0) is 18.5. The highest BCUT2D eigenvalue weighted by Gasteiger charge is 2.39. The average molecular weight is 357 g/mol. The SMILES string of the molecule is COc1ccc(N2C(=O)NC(CC(=O)NCCn3ccnc3)C2=O)cc1. The Labute approximate surface area is 149 Å². The third-order valence-electron chi connectivity index (χ3n) is 3.99. The number of urea groups is 1. The minimum Gasteiger partial charge on any atom is -0.497 e. The lowest BCUT2D eigenvalue weighted by Gasteiger charge is -2.13. The molecule has 26 heavy (non-hydrogen) atoms. The van der Waals surface area contributed by atoms with Crippen molar-refractivity contribution in [3.05, 3.63) is 43.0 Å².